The fourth-order valence-electron chi connectivity index (χ4n) is 1.89. The molecule has 2 rings (SSSR count). The molecule has 2 aromatic heterocycles. The number of aliphatic imine (C=N–C) groups is 1. The maximum absolute atomic E-state index is 5.52. The maximum Gasteiger partial charge on any atom is 0.228 e. The van der Waals surface area contributed by atoms with Gasteiger partial charge in [0, 0.05) is 25.9 Å². The maximum atomic E-state index is 5.52. The Labute approximate surface area is 135 Å². The lowest BCUT2D eigenvalue weighted by molar-refractivity contribution is 0.371. The van der Waals surface area contributed by atoms with Crippen LogP contribution in [0.3, 0.4) is 0 Å². The highest BCUT2D eigenvalue weighted by Crippen LogP contribution is 2.09. The molecule has 0 saturated carbocycles. The van der Waals surface area contributed by atoms with Gasteiger partial charge in [-0.3, -0.25) is 4.99 Å². The summed E-state index contributed by atoms with van der Waals surface area (Å²) in [4.78, 5) is 12.8. The summed E-state index contributed by atoms with van der Waals surface area (Å²) in [5.74, 6) is 3.76. The number of hydrogen-bond donors (Lipinski definition) is 2. The number of nitrogens with zero attached hydrogens (tertiary/aromatic N) is 4. The molecular weight excluding hydrogens is 296 g/mol. The molecule has 0 unspecified atom stereocenters. The van der Waals surface area contributed by atoms with E-state index in [4.69, 9.17) is 8.94 Å². The van der Waals surface area contributed by atoms with Crippen molar-refractivity contribution in [3.05, 3.63) is 29.1 Å². The van der Waals surface area contributed by atoms with Crippen molar-refractivity contribution >= 4 is 5.96 Å². The molecule has 8 nitrogen and oxygen atoms in total. The normalized spacial score (nSPS) is 12.0. The first-order chi connectivity index (χ1) is 11.0. The number of nitrogens with one attached hydrogen (secondary N) is 2. The topological polar surface area (TPSA) is 101 Å². The molecule has 0 atom stereocenters. The molecule has 0 saturated heterocycles. The number of aryl methyl sites for hydroxylation is 2. The quantitative estimate of drug-likeness (QED) is 0.617. The van der Waals surface area contributed by atoms with Gasteiger partial charge in [0.2, 0.25) is 11.8 Å². The first-order valence-electron chi connectivity index (χ1n) is 7.69. The Bertz CT molecular complexity index is 639. The molecule has 126 valence electrons. The lowest BCUT2D eigenvalue weighted by atomic mass is 10.2. The number of hydrogen-bond acceptors (Lipinski definition) is 6. The lowest BCUT2D eigenvalue weighted by Gasteiger charge is -2.09. The third kappa shape index (κ3) is 4.80. The second-order valence-corrected chi connectivity index (χ2v) is 5.55. The smallest absolute Gasteiger partial charge is 0.228 e. The fourth-order valence-corrected chi connectivity index (χ4v) is 1.89. The van der Waals surface area contributed by atoms with Crippen molar-refractivity contribution in [1.29, 1.82) is 0 Å². The molecule has 23 heavy (non-hydrogen) atoms. The molecule has 0 bridgehead atoms. The molecule has 8 heteroatoms. The summed E-state index contributed by atoms with van der Waals surface area (Å²) in [5.41, 5.74) is 0.905. The third-order valence-corrected chi connectivity index (χ3v) is 3.33. The van der Waals surface area contributed by atoms with Crippen molar-refractivity contribution < 1.29 is 8.94 Å². The van der Waals surface area contributed by atoms with Gasteiger partial charge in [-0.05, 0) is 13.8 Å². The van der Waals surface area contributed by atoms with Crippen LogP contribution in [0.2, 0.25) is 0 Å². The number of guanidine groups is 1. The Morgan fingerprint density at radius 3 is 2.52 bits per heavy atom. The molecule has 0 aromatic carbocycles. The number of oxazole rings is 1. The molecule has 0 aliphatic carbocycles. The molecule has 0 spiro atoms. The van der Waals surface area contributed by atoms with E-state index in [0.29, 0.717) is 37.3 Å². The highest BCUT2D eigenvalue weighted by Gasteiger charge is 2.10. The van der Waals surface area contributed by atoms with Crippen molar-refractivity contribution in [1.82, 2.24) is 25.8 Å². The molecule has 0 radical (unpaired) electrons. The average molecular weight is 320 g/mol. The van der Waals surface area contributed by atoms with Gasteiger partial charge in [-0.1, -0.05) is 19.0 Å². The van der Waals surface area contributed by atoms with Gasteiger partial charge >= 0.3 is 0 Å². The zero-order valence-electron chi connectivity index (χ0n) is 14.3. The van der Waals surface area contributed by atoms with Crippen LogP contribution < -0.4 is 10.6 Å². The summed E-state index contributed by atoms with van der Waals surface area (Å²) in [7, 11) is 1.71. The second kappa shape index (κ2) is 7.75. The van der Waals surface area contributed by atoms with E-state index >= 15 is 0 Å². The van der Waals surface area contributed by atoms with Gasteiger partial charge < -0.3 is 19.6 Å². The minimum absolute atomic E-state index is 0.266. The molecule has 2 heterocycles. The standard InChI is InChI=1S/C15H24N6O2/c1-9(2)14-20-12(23-21-14)6-7-17-15(16-5)18-8-13-19-10(3)11(4)22-13/h9H,6-8H2,1-5H3,(H2,16,17,18). The van der Waals surface area contributed by atoms with Gasteiger partial charge in [-0.2, -0.15) is 4.98 Å². The largest absolute Gasteiger partial charge is 0.444 e. The van der Waals surface area contributed by atoms with Crippen LogP contribution in [0.5, 0.6) is 0 Å². The minimum Gasteiger partial charge on any atom is -0.444 e. The van der Waals surface area contributed by atoms with Crippen LogP contribution in [0.4, 0.5) is 0 Å². The van der Waals surface area contributed by atoms with E-state index in [1.807, 2.05) is 27.7 Å². The molecule has 2 N–H and O–H groups in total. The van der Waals surface area contributed by atoms with Crippen LogP contribution >= 0.6 is 0 Å². The SMILES string of the molecule is CN=C(NCCc1nc(C(C)C)no1)NCc1nc(C)c(C)o1. The summed E-state index contributed by atoms with van der Waals surface area (Å²) >= 11 is 0. The molecule has 0 amide bonds. The minimum atomic E-state index is 0.266. The first kappa shape index (κ1) is 17.0. The van der Waals surface area contributed by atoms with E-state index in [-0.39, 0.29) is 5.92 Å². The van der Waals surface area contributed by atoms with Crippen LogP contribution in [0.25, 0.3) is 0 Å². The van der Waals surface area contributed by atoms with Gasteiger partial charge in [-0.15, -0.1) is 0 Å². The van der Waals surface area contributed by atoms with Gasteiger partial charge in [0.25, 0.3) is 0 Å². The van der Waals surface area contributed by atoms with E-state index in [2.05, 4.69) is 30.8 Å². The number of aromatic nitrogens is 3. The molecule has 0 aliphatic heterocycles. The van der Waals surface area contributed by atoms with Crippen LogP contribution in [0, 0.1) is 13.8 Å². The van der Waals surface area contributed by atoms with Crippen molar-refractivity contribution in [3.63, 3.8) is 0 Å². The van der Waals surface area contributed by atoms with Crippen molar-refractivity contribution in [3.8, 4) is 0 Å². The van der Waals surface area contributed by atoms with Crippen LogP contribution in [0.15, 0.2) is 13.9 Å². The number of rotatable bonds is 6. The average Bonchev–Trinajstić information content (AvgIpc) is 3.10. The zero-order valence-corrected chi connectivity index (χ0v) is 14.3. The molecule has 0 fully saturated rings. The van der Waals surface area contributed by atoms with Crippen molar-refractivity contribution in [2.45, 2.75) is 46.6 Å². The van der Waals surface area contributed by atoms with E-state index in [1.165, 1.54) is 0 Å². The fraction of sp³-hybridized carbons (Fsp3) is 0.600. The van der Waals surface area contributed by atoms with E-state index in [0.717, 1.165) is 17.3 Å². The van der Waals surface area contributed by atoms with Crippen LogP contribution in [0.1, 0.15) is 48.8 Å². The highest BCUT2D eigenvalue weighted by molar-refractivity contribution is 5.79. The van der Waals surface area contributed by atoms with Crippen LogP contribution in [-0.2, 0) is 13.0 Å². The summed E-state index contributed by atoms with van der Waals surface area (Å²) < 4.78 is 10.7. The first-order valence-corrected chi connectivity index (χ1v) is 7.69. The predicted octanol–water partition coefficient (Wildman–Crippen LogP) is 1.71. The molecular formula is C15H24N6O2. The van der Waals surface area contributed by atoms with E-state index in [1.54, 1.807) is 7.05 Å². The molecule has 0 aliphatic rings. The summed E-state index contributed by atoms with van der Waals surface area (Å²) in [5, 5.41) is 10.3. The highest BCUT2D eigenvalue weighted by atomic mass is 16.5. The van der Waals surface area contributed by atoms with Gasteiger partial charge in [0.1, 0.15) is 5.76 Å². The Hall–Kier alpha value is -2.38. The van der Waals surface area contributed by atoms with Gasteiger partial charge in [0.05, 0.1) is 12.2 Å². The van der Waals surface area contributed by atoms with Crippen LogP contribution in [-0.4, -0.2) is 34.7 Å². The zero-order chi connectivity index (χ0) is 16.8. The Kier molecular flexibility index (Phi) is 5.72. The predicted molar refractivity (Wildman–Crippen MR) is 86.3 cm³/mol. The monoisotopic (exact) mass is 320 g/mol. The third-order valence-electron chi connectivity index (χ3n) is 3.33. The summed E-state index contributed by atoms with van der Waals surface area (Å²) in [6.07, 6.45) is 0.637. The Morgan fingerprint density at radius 2 is 1.96 bits per heavy atom. The second-order valence-electron chi connectivity index (χ2n) is 5.55. The Balaban J connectivity index is 1.76. The molecule has 2 aromatic rings. The van der Waals surface area contributed by atoms with E-state index < -0.39 is 0 Å². The lowest BCUT2D eigenvalue weighted by Crippen LogP contribution is -2.38. The van der Waals surface area contributed by atoms with Crippen molar-refractivity contribution in [2.24, 2.45) is 4.99 Å². The van der Waals surface area contributed by atoms with Crippen molar-refractivity contribution in [2.75, 3.05) is 13.6 Å². The summed E-state index contributed by atoms with van der Waals surface area (Å²) in [6.45, 7) is 9.00. The summed E-state index contributed by atoms with van der Waals surface area (Å²) in [6, 6.07) is 0. The van der Waals surface area contributed by atoms with E-state index in [9.17, 15) is 0 Å². The van der Waals surface area contributed by atoms with Gasteiger partial charge in [-0.25, -0.2) is 4.98 Å². The Morgan fingerprint density at radius 1 is 1.17 bits per heavy atom. The van der Waals surface area contributed by atoms with Gasteiger partial charge in [0.15, 0.2) is 11.8 Å².